The largest absolute Gasteiger partial charge is 0.512 e. The molecule has 0 aromatic heterocycles. The van der Waals surface area contributed by atoms with Gasteiger partial charge >= 0.3 is 12.1 Å². The molecule has 2 atom stereocenters. The molecule has 0 spiro atoms. The number of rotatable bonds is 14. The molecule has 1 saturated heterocycles. The fourth-order valence-corrected chi connectivity index (χ4v) is 7.36. The van der Waals surface area contributed by atoms with Crippen LogP contribution in [0.4, 0.5) is 5.69 Å². The van der Waals surface area contributed by atoms with Gasteiger partial charge in [0.15, 0.2) is 40.3 Å². The summed E-state index contributed by atoms with van der Waals surface area (Å²) in [6.45, 7) is 2.32. The van der Waals surface area contributed by atoms with E-state index in [2.05, 4.69) is 16.6 Å². The molecular weight excluding hydrogens is 866 g/mol. The third-order valence-corrected chi connectivity index (χ3v) is 10.3. The highest BCUT2D eigenvalue weighted by molar-refractivity contribution is 7.81. The Morgan fingerprint density at radius 1 is 0.889 bits per heavy atom. The van der Waals surface area contributed by atoms with Gasteiger partial charge in [-0.25, -0.2) is 0 Å². The van der Waals surface area contributed by atoms with Gasteiger partial charge in [0.25, 0.3) is 11.7 Å². The smallest absolute Gasteiger partial charge is 0.453 e. The van der Waals surface area contributed by atoms with Crippen molar-refractivity contribution in [2.24, 2.45) is 5.73 Å². The second-order valence-corrected chi connectivity index (χ2v) is 14.6. The number of hydrogen-bond donors (Lipinski definition) is 18. The van der Waals surface area contributed by atoms with Crippen LogP contribution >= 0.6 is 0 Å². The van der Waals surface area contributed by atoms with Gasteiger partial charge in [0.1, 0.15) is 17.4 Å². The number of nitrogens with two attached hydrogens (primary N) is 1. The Hall–Kier alpha value is -7.28. The highest BCUT2D eigenvalue weighted by atomic mass is 32.2. The number of aliphatic hydroxyl groups is 11. The Morgan fingerprint density at radius 3 is 2.05 bits per heavy atom. The van der Waals surface area contributed by atoms with Crippen molar-refractivity contribution in [1.82, 2.24) is 5.32 Å². The number of anilines is 1. The molecule has 1 aliphatic heterocycles. The number of allylic oxidation sites excluding steroid dienone is 1. The number of nitrogens with zero attached hydrogens (tertiary/aromatic N) is 1. The molecule has 0 aliphatic carbocycles. The molecule has 1 heterocycles. The third kappa shape index (κ3) is 10.1. The van der Waals surface area contributed by atoms with Crippen LogP contribution in [-0.2, 0) is 27.1 Å². The lowest BCUT2D eigenvalue weighted by molar-refractivity contribution is -0.419. The van der Waals surface area contributed by atoms with Crippen LogP contribution in [-0.4, -0.2) is 129 Å². The monoisotopic (exact) mass is 906 g/mol. The summed E-state index contributed by atoms with van der Waals surface area (Å²) in [4.78, 5) is 40.4. The van der Waals surface area contributed by atoms with E-state index in [0.717, 1.165) is 30.0 Å². The Balaban J connectivity index is 1.77. The van der Waals surface area contributed by atoms with Gasteiger partial charge in [-0.05, 0) is 50.2 Å². The molecule has 19 N–H and O–H groups in total. The maximum atomic E-state index is 14.1. The Bertz CT molecular complexity index is 2450. The van der Waals surface area contributed by atoms with Crippen LogP contribution < -0.4 is 25.4 Å². The molecule has 0 saturated carbocycles. The quantitative estimate of drug-likeness (QED) is 0.0124. The number of aromatic hydroxyl groups is 5. The van der Waals surface area contributed by atoms with E-state index < -0.39 is 132 Å². The van der Waals surface area contributed by atoms with Gasteiger partial charge in [0.2, 0.25) is 39.7 Å². The third-order valence-electron chi connectivity index (χ3n) is 8.81. The molecular formula is C38H40N3O21S+. The summed E-state index contributed by atoms with van der Waals surface area (Å²) in [5.74, 6) is -18.1. The first-order chi connectivity index (χ1) is 29.2. The SMILES string of the molecule is CCOc1cc(C(O)(O)C(O)(O)NC(=O)CC2[SH+]C(C(/C(O)=C/O)=C(O)/C(O)=C(\C)C#Cc3c(O)c(O)c(O)c(O)c3O)N(c3cccc(C(N)=O)c3)C2=O)ccc1OC(O)(O)O. The number of nitrogens with one attached hydrogen (secondary N) is 1. The molecule has 0 radical (unpaired) electrons. The number of aliphatic hydroxyl groups excluding tert-OH is 4. The number of benzene rings is 3. The van der Waals surface area contributed by atoms with Crippen LogP contribution in [0.15, 0.2) is 77.2 Å². The molecule has 2 unspecified atom stereocenters. The average Bonchev–Trinajstić information content (AvgIpc) is 3.52. The predicted octanol–water partition coefficient (Wildman–Crippen LogP) is -1.83. The number of hydrogen-bond acceptors (Lipinski definition) is 21. The molecule has 25 heteroatoms. The van der Waals surface area contributed by atoms with Gasteiger partial charge < -0.3 is 102 Å². The van der Waals surface area contributed by atoms with Crippen LogP contribution in [0.3, 0.4) is 0 Å². The van der Waals surface area contributed by atoms with Gasteiger partial charge in [-0.1, -0.05) is 17.9 Å². The number of carbonyl (C=O) groups excluding carboxylic acids is 3. The zero-order chi connectivity index (χ0) is 47.5. The van der Waals surface area contributed by atoms with Gasteiger partial charge in [0.05, 0.1) is 13.0 Å². The number of phenols is 5. The molecule has 3 amide bonds. The molecule has 338 valence electrons. The summed E-state index contributed by atoms with van der Waals surface area (Å²) >= 11 is -0.295. The zero-order valence-electron chi connectivity index (χ0n) is 32.4. The first kappa shape index (κ1) is 48.4. The van der Waals surface area contributed by atoms with Gasteiger partial charge in [-0.15, -0.1) is 0 Å². The standard InChI is InChI=1S/C38H39N3O21S/c1-3-61-22-12-17(8-10-21(22)62-38(58,59)60)36(54,55)37(56,57)40-24(44)13-23-34(53)41(18-6-4-5-16(11-18)33(39)52)35(63-23)25(20(43)14-42)29(48)26(45)15(2)7-9-19-27(46)30(49)32(51)31(50)28(19)47/h4-6,8,10-12,14,23,35,42-43,45-51,54-60H,3,13H2,1-2H3,(H2,39,52)(H,40,44)/p+1/b20-14-,26-15-,29-25-. The van der Waals surface area contributed by atoms with E-state index in [1.54, 1.807) is 5.32 Å². The van der Waals surface area contributed by atoms with E-state index in [0.29, 0.717) is 6.07 Å². The number of phenolic OH excluding ortho intramolecular Hbond substituents is 5. The lowest BCUT2D eigenvalue weighted by Crippen LogP contribution is -2.63. The first-order valence-electron chi connectivity index (χ1n) is 17.5. The molecule has 3 aromatic carbocycles. The second-order valence-electron chi connectivity index (χ2n) is 13.1. The average molecular weight is 907 g/mol. The fourth-order valence-electron chi connectivity index (χ4n) is 5.71. The lowest BCUT2D eigenvalue weighted by atomic mass is 10.0. The fraction of sp³-hybridized carbons (Fsp3) is 0.237. The minimum Gasteiger partial charge on any atom is -0.512 e. The summed E-state index contributed by atoms with van der Waals surface area (Å²) < 4.78 is 9.69. The number of ether oxygens (including phenoxy) is 2. The molecule has 3 aromatic rings. The van der Waals surface area contributed by atoms with Gasteiger partial charge in [0, 0.05) is 34.1 Å². The van der Waals surface area contributed by atoms with Crippen molar-refractivity contribution < 1.29 is 106 Å². The topological polar surface area (TPSA) is 435 Å². The maximum Gasteiger partial charge on any atom is 0.453 e. The summed E-state index contributed by atoms with van der Waals surface area (Å²) in [7, 11) is 0. The van der Waals surface area contributed by atoms with Gasteiger partial charge in [-0.3, -0.25) is 19.3 Å². The lowest BCUT2D eigenvalue weighted by Gasteiger charge is -2.35. The van der Waals surface area contributed by atoms with Crippen molar-refractivity contribution in [1.29, 1.82) is 0 Å². The van der Waals surface area contributed by atoms with Crippen LogP contribution in [0.2, 0.25) is 0 Å². The summed E-state index contributed by atoms with van der Waals surface area (Å²) in [6.07, 6.45) is -4.73. The Labute approximate surface area is 357 Å². The summed E-state index contributed by atoms with van der Waals surface area (Å²) in [5, 5.41) is 162. The predicted molar refractivity (Wildman–Crippen MR) is 212 cm³/mol. The van der Waals surface area contributed by atoms with Gasteiger partial charge in [-0.2, -0.15) is 0 Å². The van der Waals surface area contributed by atoms with E-state index in [4.69, 9.17) is 10.5 Å². The normalized spacial score (nSPS) is 16.7. The molecule has 1 aliphatic rings. The van der Waals surface area contributed by atoms with Crippen molar-refractivity contribution in [2.45, 2.75) is 48.7 Å². The molecule has 4 rings (SSSR count). The number of thiol groups is 1. The van der Waals surface area contributed by atoms with Crippen molar-refractivity contribution in [3.8, 4) is 52.1 Å². The molecule has 1 fully saturated rings. The Kier molecular flexibility index (Phi) is 14.1. The first-order valence-corrected chi connectivity index (χ1v) is 18.6. The van der Waals surface area contributed by atoms with Crippen LogP contribution in [0, 0.1) is 11.8 Å². The zero-order valence-corrected chi connectivity index (χ0v) is 33.3. The van der Waals surface area contributed by atoms with E-state index in [9.17, 15) is 96.1 Å². The van der Waals surface area contributed by atoms with Crippen molar-refractivity contribution in [2.75, 3.05) is 11.5 Å². The molecule has 24 nitrogen and oxygen atoms in total. The minimum atomic E-state index is -4.00. The Morgan fingerprint density at radius 2 is 1.49 bits per heavy atom. The van der Waals surface area contributed by atoms with E-state index >= 15 is 0 Å². The van der Waals surface area contributed by atoms with E-state index in [1.807, 2.05) is 0 Å². The second kappa shape index (κ2) is 18.4. The van der Waals surface area contributed by atoms with E-state index in [1.165, 1.54) is 25.1 Å². The number of primary amides is 1. The highest BCUT2D eigenvalue weighted by Crippen LogP contribution is 2.50. The van der Waals surface area contributed by atoms with Crippen LogP contribution in [0.25, 0.3) is 0 Å². The summed E-state index contributed by atoms with van der Waals surface area (Å²) in [5.41, 5.74) is 1.96. The molecule has 0 bridgehead atoms. The maximum absolute atomic E-state index is 14.1. The van der Waals surface area contributed by atoms with Crippen molar-refractivity contribution in [3.63, 3.8) is 0 Å². The van der Waals surface area contributed by atoms with Crippen molar-refractivity contribution in [3.05, 3.63) is 93.8 Å². The molecule has 63 heavy (non-hydrogen) atoms. The van der Waals surface area contributed by atoms with Crippen LogP contribution in [0.1, 0.15) is 41.8 Å². The number of amides is 3. The van der Waals surface area contributed by atoms with E-state index in [-0.39, 0.29) is 35.9 Å². The minimum absolute atomic E-state index is 0.0351. The number of carbonyl (C=O) groups is 3. The van der Waals surface area contributed by atoms with Crippen LogP contribution in [0.5, 0.6) is 40.2 Å². The highest BCUT2D eigenvalue weighted by Gasteiger charge is 2.55. The summed E-state index contributed by atoms with van der Waals surface area (Å²) in [6, 6.07) is 7.06. The van der Waals surface area contributed by atoms with Crippen molar-refractivity contribution >= 4 is 35.2 Å².